The molecule has 1 aliphatic carbocycles. The van der Waals surface area contributed by atoms with E-state index < -0.39 is 17.5 Å². The molecule has 0 bridgehead atoms. The van der Waals surface area contributed by atoms with Crippen molar-refractivity contribution in [2.45, 2.75) is 24.6 Å². The number of aromatic nitrogens is 2. The number of aliphatic hydroxyl groups excluding tert-OH is 1. The number of halogens is 3. The molecule has 2 aromatic rings. The fourth-order valence-corrected chi connectivity index (χ4v) is 2.36. The Morgan fingerprint density at radius 2 is 2.05 bits per heavy atom. The topological polar surface area (TPSA) is 64.1 Å². The van der Waals surface area contributed by atoms with Gasteiger partial charge in [-0.3, -0.25) is 0 Å². The maximum Gasteiger partial charge on any atom is 0.449 e. The van der Waals surface area contributed by atoms with Crippen LogP contribution in [0.4, 0.5) is 18.9 Å². The first-order valence-corrected chi connectivity index (χ1v) is 5.84. The Morgan fingerprint density at radius 1 is 1.37 bits per heavy atom. The molecule has 1 saturated carbocycles. The van der Waals surface area contributed by atoms with Gasteiger partial charge in [-0.05, 0) is 31.0 Å². The van der Waals surface area contributed by atoms with Gasteiger partial charge in [-0.1, -0.05) is 0 Å². The molecule has 1 heterocycles. The number of aliphatic hydroxyl groups is 1. The maximum absolute atomic E-state index is 13.1. The number of hydrogen-bond acceptors (Lipinski definition) is 3. The molecule has 7 heteroatoms. The van der Waals surface area contributed by atoms with Gasteiger partial charge in [0.15, 0.2) is 0 Å². The Labute approximate surface area is 106 Å². The zero-order chi connectivity index (χ0) is 13.8. The van der Waals surface area contributed by atoms with Crippen molar-refractivity contribution < 1.29 is 18.3 Å². The number of nitrogens with zero attached hydrogens (tertiary/aromatic N) is 2. The summed E-state index contributed by atoms with van der Waals surface area (Å²) < 4.78 is 40.4. The van der Waals surface area contributed by atoms with Gasteiger partial charge >= 0.3 is 6.18 Å². The lowest BCUT2D eigenvalue weighted by molar-refractivity contribution is -0.148. The van der Waals surface area contributed by atoms with E-state index in [4.69, 9.17) is 5.73 Å². The second-order valence-corrected chi connectivity index (χ2v) is 4.90. The van der Waals surface area contributed by atoms with Gasteiger partial charge in [0.1, 0.15) is 0 Å². The monoisotopic (exact) mass is 271 g/mol. The molecular formula is C12H12F3N3O. The van der Waals surface area contributed by atoms with Crippen molar-refractivity contribution in [3.8, 4) is 0 Å². The van der Waals surface area contributed by atoms with Crippen molar-refractivity contribution in [1.82, 2.24) is 9.55 Å². The van der Waals surface area contributed by atoms with Gasteiger partial charge in [-0.15, -0.1) is 0 Å². The predicted molar refractivity (Wildman–Crippen MR) is 63.4 cm³/mol. The number of nitrogen functional groups attached to an aromatic ring is 1. The van der Waals surface area contributed by atoms with E-state index in [1.54, 1.807) is 0 Å². The molecule has 1 aliphatic rings. The van der Waals surface area contributed by atoms with E-state index in [2.05, 4.69) is 4.98 Å². The van der Waals surface area contributed by atoms with Crippen LogP contribution in [-0.4, -0.2) is 21.3 Å². The lowest BCUT2D eigenvalue weighted by Crippen LogP contribution is -2.27. The molecule has 102 valence electrons. The molecule has 0 atom stereocenters. The lowest BCUT2D eigenvalue weighted by atomic mass is 10.2. The first kappa shape index (κ1) is 12.3. The molecule has 1 fully saturated rings. The highest BCUT2D eigenvalue weighted by Crippen LogP contribution is 2.48. The molecule has 0 aliphatic heterocycles. The predicted octanol–water partition coefficient (Wildman–Crippen LogP) is 2.12. The summed E-state index contributed by atoms with van der Waals surface area (Å²) in [5.41, 5.74) is 5.62. The molecule has 0 amide bonds. The van der Waals surface area contributed by atoms with E-state index in [0.29, 0.717) is 24.0 Å². The molecule has 0 spiro atoms. The summed E-state index contributed by atoms with van der Waals surface area (Å²) in [6.45, 7) is -0.327. The zero-order valence-corrected chi connectivity index (χ0v) is 9.91. The van der Waals surface area contributed by atoms with E-state index in [1.165, 1.54) is 18.2 Å². The highest BCUT2D eigenvalue weighted by Gasteiger charge is 2.50. The van der Waals surface area contributed by atoms with Crippen molar-refractivity contribution in [1.29, 1.82) is 0 Å². The van der Waals surface area contributed by atoms with Crippen LogP contribution in [0.5, 0.6) is 0 Å². The van der Waals surface area contributed by atoms with Crippen LogP contribution in [0.3, 0.4) is 0 Å². The molecule has 0 radical (unpaired) electrons. The third-order valence-corrected chi connectivity index (χ3v) is 3.53. The average molecular weight is 271 g/mol. The number of anilines is 1. The molecule has 4 nitrogen and oxygen atoms in total. The first-order valence-electron chi connectivity index (χ1n) is 5.84. The highest BCUT2D eigenvalue weighted by molar-refractivity contribution is 5.80. The third-order valence-electron chi connectivity index (χ3n) is 3.53. The third kappa shape index (κ3) is 1.76. The first-order chi connectivity index (χ1) is 8.87. The Kier molecular flexibility index (Phi) is 2.35. The van der Waals surface area contributed by atoms with Crippen LogP contribution >= 0.6 is 0 Å². The SMILES string of the molecule is Nc1ccc2c(c1)nc(C(F)(F)F)n2C1(CO)CC1. The highest BCUT2D eigenvalue weighted by atomic mass is 19.4. The summed E-state index contributed by atoms with van der Waals surface area (Å²) in [4.78, 5) is 3.65. The second kappa shape index (κ2) is 3.63. The minimum absolute atomic E-state index is 0.201. The minimum atomic E-state index is -4.56. The lowest BCUT2D eigenvalue weighted by Gasteiger charge is -2.19. The summed E-state index contributed by atoms with van der Waals surface area (Å²) in [7, 11) is 0. The molecule has 1 aromatic heterocycles. The largest absolute Gasteiger partial charge is 0.449 e. The molecule has 3 N–H and O–H groups in total. The van der Waals surface area contributed by atoms with Crippen molar-refractivity contribution in [2.24, 2.45) is 0 Å². The summed E-state index contributed by atoms with van der Waals surface area (Å²) >= 11 is 0. The quantitative estimate of drug-likeness (QED) is 0.822. The number of hydrogen-bond donors (Lipinski definition) is 2. The van der Waals surface area contributed by atoms with Crippen molar-refractivity contribution in [3.05, 3.63) is 24.0 Å². The summed E-state index contributed by atoms with van der Waals surface area (Å²) in [5, 5.41) is 9.39. The number of fused-ring (bicyclic) bond motifs is 1. The Balaban J connectivity index is 2.32. The van der Waals surface area contributed by atoms with E-state index in [-0.39, 0.29) is 12.1 Å². The standard InChI is InChI=1S/C12H12F3N3O/c13-12(14,15)10-17-8-5-7(16)1-2-9(8)18(10)11(6-19)3-4-11/h1-2,5,19H,3-4,6,16H2. The number of nitrogens with two attached hydrogens (primary N) is 1. The molecular weight excluding hydrogens is 259 g/mol. The van der Waals surface area contributed by atoms with Gasteiger partial charge in [-0.25, -0.2) is 4.98 Å². The van der Waals surface area contributed by atoms with E-state index in [1.807, 2.05) is 0 Å². The Hall–Kier alpha value is -1.76. The van der Waals surface area contributed by atoms with Crippen LogP contribution in [0, 0.1) is 0 Å². The van der Waals surface area contributed by atoms with Gasteiger partial charge in [0, 0.05) is 5.69 Å². The van der Waals surface area contributed by atoms with E-state index in [9.17, 15) is 18.3 Å². The number of alkyl halides is 3. The van der Waals surface area contributed by atoms with Crippen molar-refractivity contribution in [2.75, 3.05) is 12.3 Å². The minimum Gasteiger partial charge on any atom is -0.399 e. The average Bonchev–Trinajstić information content (AvgIpc) is 3.02. The van der Waals surface area contributed by atoms with Crippen LogP contribution in [0.15, 0.2) is 18.2 Å². The fourth-order valence-electron chi connectivity index (χ4n) is 2.36. The Bertz CT molecular complexity index is 643. The van der Waals surface area contributed by atoms with Gasteiger partial charge < -0.3 is 15.4 Å². The van der Waals surface area contributed by atoms with E-state index >= 15 is 0 Å². The van der Waals surface area contributed by atoms with Crippen molar-refractivity contribution >= 4 is 16.7 Å². The number of benzene rings is 1. The molecule has 0 unspecified atom stereocenters. The number of imidazole rings is 1. The molecule has 3 rings (SSSR count). The maximum atomic E-state index is 13.1. The smallest absolute Gasteiger partial charge is 0.399 e. The van der Waals surface area contributed by atoms with Gasteiger partial charge in [-0.2, -0.15) is 13.2 Å². The van der Waals surface area contributed by atoms with E-state index in [0.717, 1.165) is 4.57 Å². The van der Waals surface area contributed by atoms with Gasteiger partial charge in [0.05, 0.1) is 23.2 Å². The molecule has 0 saturated heterocycles. The van der Waals surface area contributed by atoms with Crippen LogP contribution in [0.25, 0.3) is 11.0 Å². The van der Waals surface area contributed by atoms with Gasteiger partial charge in [0.2, 0.25) is 5.82 Å². The van der Waals surface area contributed by atoms with Crippen LogP contribution in [0.1, 0.15) is 18.7 Å². The fraction of sp³-hybridized carbons (Fsp3) is 0.417. The zero-order valence-electron chi connectivity index (χ0n) is 9.91. The van der Waals surface area contributed by atoms with Crippen LogP contribution in [-0.2, 0) is 11.7 Å². The summed E-state index contributed by atoms with van der Waals surface area (Å²) in [6, 6.07) is 4.46. The number of rotatable bonds is 2. The van der Waals surface area contributed by atoms with Crippen LogP contribution in [0.2, 0.25) is 0 Å². The second-order valence-electron chi connectivity index (χ2n) is 4.90. The Morgan fingerprint density at radius 3 is 2.58 bits per heavy atom. The van der Waals surface area contributed by atoms with Crippen molar-refractivity contribution in [3.63, 3.8) is 0 Å². The normalized spacial score (nSPS) is 17.9. The van der Waals surface area contributed by atoms with Gasteiger partial charge in [0.25, 0.3) is 0 Å². The summed E-state index contributed by atoms with van der Waals surface area (Å²) in [5.74, 6) is -0.973. The molecule has 19 heavy (non-hydrogen) atoms. The summed E-state index contributed by atoms with van der Waals surface area (Å²) in [6.07, 6.45) is -3.52. The van der Waals surface area contributed by atoms with Crippen LogP contribution < -0.4 is 5.73 Å². The molecule has 1 aromatic carbocycles.